The molecule has 1 unspecified atom stereocenters. The molecule has 0 radical (unpaired) electrons. The van der Waals surface area contributed by atoms with Crippen LogP contribution in [0.25, 0.3) is 0 Å². The first-order valence-electron chi connectivity index (χ1n) is 6.12. The third kappa shape index (κ3) is 6.14. The molecule has 0 aliphatic heterocycles. The number of amides is 1. The molecule has 0 saturated heterocycles. The largest absolute Gasteiger partial charge is 0.447 e. The van der Waals surface area contributed by atoms with E-state index in [0.717, 1.165) is 11.3 Å². The van der Waals surface area contributed by atoms with E-state index in [1.54, 1.807) is 6.92 Å². The molecule has 20 heavy (non-hydrogen) atoms. The number of primary amides is 1. The summed E-state index contributed by atoms with van der Waals surface area (Å²) in [5.41, 5.74) is 14.6. The van der Waals surface area contributed by atoms with Gasteiger partial charge in [-0.3, -0.25) is 5.43 Å². The molecule has 0 saturated carbocycles. The van der Waals surface area contributed by atoms with Crippen LogP contribution in [0.1, 0.15) is 25.3 Å². The van der Waals surface area contributed by atoms with Gasteiger partial charge in [-0.25, -0.2) is 4.79 Å². The Balaban J connectivity index is 2.71. The molecule has 0 aromatic heterocycles. The van der Waals surface area contributed by atoms with Gasteiger partial charge in [-0.05, 0) is 37.5 Å². The van der Waals surface area contributed by atoms with Crippen molar-refractivity contribution in [1.82, 2.24) is 5.43 Å². The summed E-state index contributed by atoms with van der Waals surface area (Å²) in [7, 11) is 0. The van der Waals surface area contributed by atoms with Crippen LogP contribution in [0.15, 0.2) is 35.4 Å². The summed E-state index contributed by atoms with van der Waals surface area (Å²) in [5.74, 6) is 0. The molecule has 1 amide bonds. The van der Waals surface area contributed by atoms with Crippen molar-refractivity contribution in [2.24, 2.45) is 16.6 Å². The van der Waals surface area contributed by atoms with E-state index in [-0.39, 0.29) is 11.2 Å². The van der Waals surface area contributed by atoms with E-state index < -0.39 is 6.09 Å². The summed E-state index contributed by atoms with van der Waals surface area (Å²) in [4.78, 5) is 10.7. The second-order valence-electron chi connectivity index (χ2n) is 4.19. The molecule has 0 fully saturated rings. The minimum absolute atomic E-state index is 0.0971. The topological polar surface area (TPSA) is 103 Å². The SMILES string of the molecule is CC(CCC(=NNC(N)=S)c1ccccc1)OC(N)=O. The summed E-state index contributed by atoms with van der Waals surface area (Å²) in [5, 5.41) is 4.27. The number of hydrogen-bond acceptors (Lipinski definition) is 4. The van der Waals surface area contributed by atoms with Crippen LogP contribution in [0.2, 0.25) is 0 Å². The summed E-state index contributed by atoms with van der Waals surface area (Å²) in [6, 6.07) is 9.60. The number of nitrogens with two attached hydrogens (primary N) is 2. The van der Waals surface area contributed by atoms with Crippen LogP contribution in [-0.2, 0) is 4.74 Å². The summed E-state index contributed by atoms with van der Waals surface area (Å²) >= 11 is 4.73. The average molecular weight is 294 g/mol. The highest BCUT2D eigenvalue weighted by Crippen LogP contribution is 2.09. The molecule has 0 aliphatic carbocycles. The molecule has 6 nitrogen and oxygen atoms in total. The van der Waals surface area contributed by atoms with Gasteiger partial charge in [0, 0.05) is 0 Å². The summed E-state index contributed by atoms with van der Waals surface area (Å²) in [6.45, 7) is 1.77. The number of nitrogens with one attached hydrogen (secondary N) is 1. The molecule has 1 rings (SSSR count). The van der Waals surface area contributed by atoms with Crippen LogP contribution in [-0.4, -0.2) is 23.0 Å². The van der Waals surface area contributed by atoms with Crippen LogP contribution in [0, 0.1) is 0 Å². The monoisotopic (exact) mass is 294 g/mol. The Morgan fingerprint density at radius 2 is 2.05 bits per heavy atom. The third-order valence-electron chi connectivity index (χ3n) is 2.51. The highest BCUT2D eigenvalue weighted by molar-refractivity contribution is 7.80. The smallest absolute Gasteiger partial charge is 0.404 e. The Bertz CT molecular complexity index is 490. The van der Waals surface area contributed by atoms with Gasteiger partial charge in [-0.15, -0.1) is 0 Å². The van der Waals surface area contributed by atoms with Gasteiger partial charge < -0.3 is 16.2 Å². The summed E-state index contributed by atoms with van der Waals surface area (Å²) in [6.07, 6.45) is 0.118. The van der Waals surface area contributed by atoms with Crippen molar-refractivity contribution in [3.63, 3.8) is 0 Å². The maximum absolute atomic E-state index is 10.7. The van der Waals surface area contributed by atoms with Crippen molar-refractivity contribution in [1.29, 1.82) is 0 Å². The lowest BCUT2D eigenvalue weighted by atomic mass is 10.0. The zero-order chi connectivity index (χ0) is 15.0. The Hall–Kier alpha value is -2.15. The Morgan fingerprint density at radius 1 is 1.40 bits per heavy atom. The zero-order valence-corrected chi connectivity index (χ0v) is 12.0. The first-order valence-corrected chi connectivity index (χ1v) is 6.53. The van der Waals surface area contributed by atoms with Gasteiger partial charge in [0.1, 0.15) is 6.10 Å². The van der Waals surface area contributed by atoms with E-state index in [9.17, 15) is 4.79 Å². The van der Waals surface area contributed by atoms with Crippen molar-refractivity contribution < 1.29 is 9.53 Å². The molecule has 7 heteroatoms. The lowest BCUT2D eigenvalue weighted by Gasteiger charge is -2.12. The lowest BCUT2D eigenvalue weighted by Crippen LogP contribution is -2.26. The van der Waals surface area contributed by atoms with Gasteiger partial charge in [0.2, 0.25) is 0 Å². The first-order chi connectivity index (χ1) is 9.49. The van der Waals surface area contributed by atoms with Gasteiger partial charge in [-0.1, -0.05) is 30.3 Å². The minimum Gasteiger partial charge on any atom is -0.447 e. The molecular weight excluding hydrogens is 276 g/mol. The van der Waals surface area contributed by atoms with E-state index in [1.165, 1.54) is 0 Å². The van der Waals surface area contributed by atoms with Crippen LogP contribution < -0.4 is 16.9 Å². The Morgan fingerprint density at radius 3 is 2.60 bits per heavy atom. The number of hydrogen-bond donors (Lipinski definition) is 3. The van der Waals surface area contributed by atoms with Crippen molar-refractivity contribution >= 4 is 29.1 Å². The molecule has 1 aromatic rings. The molecule has 1 atom stereocenters. The molecule has 0 aliphatic rings. The van der Waals surface area contributed by atoms with Crippen LogP contribution in [0.3, 0.4) is 0 Å². The number of rotatable bonds is 6. The number of carbonyl (C=O) groups excluding carboxylic acids is 1. The number of ether oxygens (including phenoxy) is 1. The molecule has 0 heterocycles. The van der Waals surface area contributed by atoms with Crippen molar-refractivity contribution in [3.8, 4) is 0 Å². The lowest BCUT2D eigenvalue weighted by molar-refractivity contribution is 0.112. The highest BCUT2D eigenvalue weighted by Gasteiger charge is 2.10. The molecule has 0 bridgehead atoms. The number of nitrogens with zero attached hydrogens (tertiary/aromatic N) is 1. The fraction of sp³-hybridized carbons (Fsp3) is 0.308. The molecule has 108 valence electrons. The van der Waals surface area contributed by atoms with E-state index in [1.807, 2.05) is 30.3 Å². The van der Waals surface area contributed by atoms with Crippen molar-refractivity contribution in [3.05, 3.63) is 35.9 Å². The normalized spacial score (nSPS) is 12.6. The van der Waals surface area contributed by atoms with Crippen LogP contribution in [0.4, 0.5) is 4.79 Å². The minimum atomic E-state index is -0.781. The van der Waals surface area contributed by atoms with E-state index in [4.69, 9.17) is 28.4 Å². The van der Waals surface area contributed by atoms with Crippen molar-refractivity contribution in [2.45, 2.75) is 25.9 Å². The van der Waals surface area contributed by atoms with Crippen molar-refractivity contribution in [2.75, 3.05) is 0 Å². The predicted molar refractivity (Wildman–Crippen MR) is 82.3 cm³/mol. The fourth-order valence-electron chi connectivity index (χ4n) is 1.62. The van der Waals surface area contributed by atoms with Crippen LogP contribution >= 0.6 is 12.2 Å². The standard InChI is InChI=1S/C13H18N4O2S/c1-9(19-13(15)18)7-8-11(16-17-12(14)20)10-5-3-2-4-6-10/h2-6,9H,7-8H2,1H3,(H2,15,18)(H3,14,17,20). The van der Waals surface area contributed by atoms with Crippen LogP contribution in [0.5, 0.6) is 0 Å². The molecule has 0 spiro atoms. The maximum atomic E-state index is 10.7. The Labute approximate surface area is 123 Å². The Kier molecular flexibility index (Phi) is 6.45. The van der Waals surface area contributed by atoms with Gasteiger partial charge in [0.05, 0.1) is 5.71 Å². The van der Waals surface area contributed by atoms with E-state index in [2.05, 4.69) is 10.5 Å². The van der Waals surface area contributed by atoms with Gasteiger partial charge >= 0.3 is 6.09 Å². The van der Waals surface area contributed by atoms with Gasteiger partial charge in [0.15, 0.2) is 5.11 Å². The molecule has 1 aromatic carbocycles. The number of benzene rings is 1. The van der Waals surface area contributed by atoms with E-state index >= 15 is 0 Å². The average Bonchev–Trinajstić information content (AvgIpc) is 2.38. The molecular formula is C13H18N4O2S. The first kappa shape index (κ1) is 15.9. The fourth-order valence-corrected chi connectivity index (χ4v) is 1.66. The summed E-state index contributed by atoms with van der Waals surface area (Å²) < 4.78 is 4.88. The maximum Gasteiger partial charge on any atom is 0.404 e. The highest BCUT2D eigenvalue weighted by atomic mass is 32.1. The number of thiocarbonyl (C=S) groups is 1. The van der Waals surface area contributed by atoms with Gasteiger partial charge in [-0.2, -0.15) is 5.10 Å². The second kappa shape index (κ2) is 8.11. The second-order valence-corrected chi connectivity index (χ2v) is 4.63. The number of carbonyl (C=O) groups is 1. The zero-order valence-electron chi connectivity index (χ0n) is 11.2. The quantitative estimate of drug-likeness (QED) is 0.419. The number of hydrazone groups is 1. The third-order valence-corrected chi connectivity index (χ3v) is 2.60. The predicted octanol–water partition coefficient (Wildman–Crippen LogP) is 1.49. The van der Waals surface area contributed by atoms with Gasteiger partial charge in [0.25, 0.3) is 0 Å². The molecule has 5 N–H and O–H groups in total. The van der Waals surface area contributed by atoms with E-state index in [0.29, 0.717) is 12.8 Å².